The summed E-state index contributed by atoms with van der Waals surface area (Å²) in [6, 6.07) is 5.59. The van der Waals surface area contributed by atoms with Gasteiger partial charge in [-0.15, -0.1) is 0 Å². The minimum atomic E-state index is 0.712. The van der Waals surface area contributed by atoms with Gasteiger partial charge in [-0.3, -0.25) is 0 Å². The van der Waals surface area contributed by atoms with Crippen molar-refractivity contribution in [1.82, 2.24) is 0 Å². The monoisotopic (exact) mass is 302 g/mol. The molecule has 0 bridgehead atoms. The lowest BCUT2D eigenvalue weighted by atomic mass is 10.1. The molecule has 0 saturated carbocycles. The molecule has 0 saturated heterocycles. The summed E-state index contributed by atoms with van der Waals surface area (Å²) < 4.78 is 0. The summed E-state index contributed by atoms with van der Waals surface area (Å²) >= 11 is 11.5. The number of hydrogen-bond acceptors (Lipinski definition) is 0. The Morgan fingerprint density at radius 1 is 0.684 bits per heavy atom. The van der Waals surface area contributed by atoms with Crippen LogP contribution < -0.4 is 0 Å². The summed E-state index contributed by atoms with van der Waals surface area (Å²) in [6.45, 7) is 6.60. The van der Waals surface area contributed by atoms with Crippen molar-refractivity contribution < 1.29 is 0 Å². The van der Waals surface area contributed by atoms with Gasteiger partial charge in [0.1, 0.15) is 0 Å². The van der Waals surface area contributed by atoms with E-state index < -0.39 is 0 Å². The Labute approximate surface area is 129 Å². The topological polar surface area (TPSA) is 0 Å². The average molecular weight is 303 g/mol. The van der Waals surface area contributed by atoms with Crippen LogP contribution in [0, 0.1) is 0 Å². The molecule has 0 heterocycles. The first kappa shape index (κ1) is 18.8. The number of benzene rings is 1. The molecule has 1 aromatic carbocycles. The predicted octanol–water partition coefficient (Wildman–Crippen LogP) is 7.31. The fourth-order valence-electron chi connectivity index (χ4n) is 1.85. The molecule has 0 N–H and O–H groups in total. The summed E-state index contributed by atoms with van der Waals surface area (Å²) in [5.41, 5.74) is 1.18. The molecule has 2 heteroatoms. The molecule has 0 amide bonds. The minimum absolute atomic E-state index is 0.712. The SMILES string of the molecule is CCCCCCCCC.CCc1cc(Cl)cc(Cl)c1. The van der Waals surface area contributed by atoms with E-state index in [9.17, 15) is 0 Å². The van der Waals surface area contributed by atoms with Crippen molar-refractivity contribution in [1.29, 1.82) is 0 Å². The van der Waals surface area contributed by atoms with E-state index in [4.69, 9.17) is 23.2 Å². The van der Waals surface area contributed by atoms with Crippen LogP contribution in [0.2, 0.25) is 10.0 Å². The minimum Gasteiger partial charge on any atom is -0.0843 e. The van der Waals surface area contributed by atoms with E-state index >= 15 is 0 Å². The molecule has 0 atom stereocenters. The molecule has 19 heavy (non-hydrogen) atoms. The molecule has 110 valence electrons. The molecular weight excluding hydrogens is 275 g/mol. The highest BCUT2D eigenvalue weighted by Crippen LogP contribution is 2.18. The molecule has 1 aromatic rings. The molecule has 0 aromatic heterocycles. The Balaban J connectivity index is 0.000000344. The van der Waals surface area contributed by atoms with E-state index in [0.717, 1.165) is 6.42 Å². The molecule has 0 aliphatic heterocycles. The Bertz CT molecular complexity index is 295. The number of halogens is 2. The molecule has 0 aliphatic rings. The number of hydrogen-bond donors (Lipinski definition) is 0. The third-order valence-corrected chi connectivity index (χ3v) is 3.47. The second-order valence-electron chi connectivity index (χ2n) is 4.90. The van der Waals surface area contributed by atoms with Crippen molar-refractivity contribution in [2.75, 3.05) is 0 Å². The largest absolute Gasteiger partial charge is 0.0843 e. The molecule has 0 radical (unpaired) electrons. The summed E-state index contributed by atoms with van der Waals surface area (Å²) in [7, 11) is 0. The van der Waals surface area contributed by atoms with Gasteiger partial charge in [0.15, 0.2) is 0 Å². The van der Waals surface area contributed by atoms with Gasteiger partial charge >= 0.3 is 0 Å². The van der Waals surface area contributed by atoms with Gasteiger partial charge < -0.3 is 0 Å². The summed E-state index contributed by atoms with van der Waals surface area (Å²) in [4.78, 5) is 0. The van der Waals surface area contributed by atoms with E-state index in [-0.39, 0.29) is 0 Å². The van der Waals surface area contributed by atoms with Crippen LogP contribution >= 0.6 is 23.2 Å². The van der Waals surface area contributed by atoms with Gasteiger partial charge in [0.25, 0.3) is 0 Å². The van der Waals surface area contributed by atoms with E-state index in [2.05, 4.69) is 20.8 Å². The van der Waals surface area contributed by atoms with Gasteiger partial charge in [0, 0.05) is 10.0 Å². The van der Waals surface area contributed by atoms with Gasteiger partial charge in [-0.2, -0.15) is 0 Å². The van der Waals surface area contributed by atoms with Crippen molar-refractivity contribution in [2.45, 2.75) is 72.1 Å². The second kappa shape index (κ2) is 12.8. The Morgan fingerprint density at radius 3 is 1.47 bits per heavy atom. The molecule has 0 nitrogen and oxygen atoms in total. The van der Waals surface area contributed by atoms with Gasteiger partial charge in [0.2, 0.25) is 0 Å². The number of rotatable bonds is 7. The van der Waals surface area contributed by atoms with Gasteiger partial charge in [-0.1, -0.05) is 88.9 Å². The highest BCUT2D eigenvalue weighted by molar-refractivity contribution is 6.34. The van der Waals surface area contributed by atoms with Gasteiger partial charge in [0.05, 0.1) is 0 Å². The van der Waals surface area contributed by atoms with Crippen LogP contribution in [-0.4, -0.2) is 0 Å². The highest BCUT2D eigenvalue weighted by atomic mass is 35.5. The number of aryl methyl sites for hydroxylation is 1. The zero-order valence-electron chi connectivity index (χ0n) is 12.6. The summed E-state index contributed by atoms with van der Waals surface area (Å²) in [5.74, 6) is 0. The maximum absolute atomic E-state index is 5.74. The van der Waals surface area contributed by atoms with Crippen LogP contribution in [0.25, 0.3) is 0 Å². The Kier molecular flexibility index (Phi) is 12.7. The lowest BCUT2D eigenvalue weighted by Gasteiger charge is -1.97. The van der Waals surface area contributed by atoms with E-state index in [0.29, 0.717) is 10.0 Å². The molecule has 0 aliphatic carbocycles. The molecule has 0 unspecified atom stereocenters. The first-order valence-corrected chi connectivity index (χ1v) is 8.34. The maximum atomic E-state index is 5.74. The second-order valence-corrected chi connectivity index (χ2v) is 5.77. The highest BCUT2D eigenvalue weighted by Gasteiger charge is 1.94. The fraction of sp³-hybridized carbons (Fsp3) is 0.647. The predicted molar refractivity (Wildman–Crippen MR) is 89.5 cm³/mol. The van der Waals surface area contributed by atoms with Crippen LogP contribution in [0.5, 0.6) is 0 Å². The van der Waals surface area contributed by atoms with Gasteiger partial charge in [-0.05, 0) is 30.2 Å². The molecule has 0 fully saturated rings. The molecule has 1 rings (SSSR count). The van der Waals surface area contributed by atoms with Crippen LogP contribution in [0.3, 0.4) is 0 Å². The lowest BCUT2D eigenvalue weighted by molar-refractivity contribution is 0.602. The molecular formula is C17H28Cl2. The Morgan fingerprint density at radius 2 is 1.11 bits per heavy atom. The van der Waals surface area contributed by atoms with Crippen LogP contribution in [0.4, 0.5) is 0 Å². The zero-order chi connectivity index (χ0) is 14.5. The smallest absolute Gasteiger partial charge is 0.0423 e. The first-order valence-electron chi connectivity index (χ1n) is 7.58. The van der Waals surface area contributed by atoms with E-state index in [1.165, 1.54) is 50.5 Å². The van der Waals surface area contributed by atoms with Crippen molar-refractivity contribution in [2.24, 2.45) is 0 Å². The lowest BCUT2D eigenvalue weighted by Crippen LogP contribution is -1.78. The van der Waals surface area contributed by atoms with E-state index in [1.807, 2.05) is 12.1 Å². The normalized spacial score (nSPS) is 9.95. The first-order chi connectivity index (χ1) is 9.13. The van der Waals surface area contributed by atoms with E-state index in [1.54, 1.807) is 6.07 Å². The third-order valence-electron chi connectivity index (χ3n) is 3.04. The van der Waals surface area contributed by atoms with Crippen molar-refractivity contribution in [3.05, 3.63) is 33.8 Å². The van der Waals surface area contributed by atoms with Crippen LogP contribution in [-0.2, 0) is 6.42 Å². The van der Waals surface area contributed by atoms with Crippen molar-refractivity contribution >= 4 is 23.2 Å². The standard InChI is InChI=1S/C9H20.C8H8Cl2/c1-3-5-7-9-8-6-4-2;1-2-6-3-7(9)5-8(10)4-6/h3-9H2,1-2H3;3-5H,2H2,1H3. The fourth-order valence-corrected chi connectivity index (χ4v) is 2.42. The zero-order valence-corrected chi connectivity index (χ0v) is 14.2. The average Bonchev–Trinajstić information content (AvgIpc) is 2.38. The quantitative estimate of drug-likeness (QED) is 0.463. The van der Waals surface area contributed by atoms with Crippen molar-refractivity contribution in [3.8, 4) is 0 Å². The van der Waals surface area contributed by atoms with Crippen LogP contribution in [0.15, 0.2) is 18.2 Å². The number of unbranched alkanes of at least 4 members (excludes halogenated alkanes) is 6. The molecule has 0 spiro atoms. The van der Waals surface area contributed by atoms with Crippen LogP contribution in [0.1, 0.15) is 71.3 Å². The summed E-state index contributed by atoms with van der Waals surface area (Å²) in [5, 5.41) is 1.42. The van der Waals surface area contributed by atoms with Gasteiger partial charge in [-0.25, -0.2) is 0 Å². The maximum Gasteiger partial charge on any atom is 0.0423 e. The van der Waals surface area contributed by atoms with Crippen molar-refractivity contribution in [3.63, 3.8) is 0 Å². The summed E-state index contributed by atoms with van der Waals surface area (Å²) in [6.07, 6.45) is 10.9. The third kappa shape index (κ3) is 11.3. The Hall–Kier alpha value is -0.200.